The summed E-state index contributed by atoms with van der Waals surface area (Å²) < 4.78 is 1.73. The summed E-state index contributed by atoms with van der Waals surface area (Å²) in [5.74, 6) is 6.39. The van der Waals surface area contributed by atoms with Crippen molar-refractivity contribution in [1.82, 2.24) is 20.1 Å². The molecule has 4 heterocycles. The molecule has 0 saturated carbocycles. The number of aryl methyl sites for hydroxylation is 1. The molecule has 2 aliphatic heterocycles. The van der Waals surface area contributed by atoms with E-state index in [0.29, 0.717) is 5.57 Å². The lowest BCUT2D eigenvalue weighted by Crippen LogP contribution is -2.39. The smallest absolute Gasteiger partial charge is 0.253 e. The molecule has 2 aromatic heterocycles. The van der Waals surface area contributed by atoms with Crippen molar-refractivity contribution in [1.29, 1.82) is 0 Å². The minimum absolute atomic E-state index is 0.0905. The molecule has 6 rings (SSSR count). The molecular formula is C31H27N7O. The SMILES string of the molecule is C[C@@H](NC(=O)C1=C(N)N=CC2C=CC=NC12)c1[nH]c2cccc(C#Cc3cnn(C)c3)c2c1-c1ccccc1. The molecule has 2 aliphatic rings. The summed E-state index contributed by atoms with van der Waals surface area (Å²) in [6.07, 6.45) is 10.9. The molecule has 4 aromatic rings. The van der Waals surface area contributed by atoms with Crippen LogP contribution < -0.4 is 11.1 Å². The van der Waals surface area contributed by atoms with Crippen LogP contribution in [0.4, 0.5) is 0 Å². The van der Waals surface area contributed by atoms with Gasteiger partial charge in [-0.05, 0) is 30.7 Å². The van der Waals surface area contributed by atoms with Gasteiger partial charge in [0.05, 0.1) is 29.4 Å². The summed E-state index contributed by atoms with van der Waals surface area (Å²) in [6.45, 7) is 1.96. The number of carbonyl (C=O) groups is 1. The van der Waals surface area contributed by atoms with Gasteiger partial charge in [0.25, 0.3) is 5.91 Å². The molecule has 0 aliphatic carbocycles. The van der Waals surface area contributed by atoms with E-state index in [1.807, 2.05) is 68.7 Å². The van der Waals surface area contributed by atoms with Gasteiger partial charge in [0.1, 0.15) is 5.82 Å². The maximum atomic E-state index is 13.6. The van der Waals surface area contributed by atoms with Gasteiger partial charge in [0, 0.05) is 59.3 Å². The zero-order chi connectivity index (χ0) is 26.9. The number of rotatable bonds is 4. The third-order valence-electron chi connectivity index (χ3n) is 6.98. The highest BCUT2D eigenvalue weighted by atomic mass is 16.1. The van der Waals surface area contributed by atoms with Gasteiger partial charge in [-0.2, -0.15) is 5.10 Å². The first kappa shape index (κ1) is 24.2. The molecule has 8 heteroatoms. The first-order valence-corrected chi connectivity index (χ1v) is 12.7. The number of aliphatic imine (C=N–C) groups is 2. The van der Waals surface area contributed by atoms with Crippen LogP contribution in [-0.2, 0) is 11.8 Å². The average molecular weight is 514 g/mol. The van der Waals surface area contributed by atoms with Crippen LogP contribution in [0, 0.1) is 17.8 Å². The minimum atomic E-state index is -0.384. The second kappa shape index (κ2) is 9.95. The topological polar surface area (TPSA) is 113 Å². The summed E-state index contributed by atoms with van der Waals surface area (Å²) in [7, 11) is 1.87. The van der Waals surface area contributed by atoms with E-state index in [0.717, 1.165) is 38.9 Å². The van der Waals surface area contributed by atoms with Gasteiger partial charge in [-0.15, -0.1) is 0 Å². The fourth-order valence-electron chi connectivity index (χ4n) is 5.13. The van der Waals surface area contributed by atoms with Crippen LogP contribution in [0.3, 0.4) is 0 Å². The van der Waals surface area contributed by atoms with E-state index < -0.39 is 0 Å². The molecule has 1 amide bonds. The van der Waals surface area contributed by atoms with Crippen LogP contribution in [-0.4, -0.2) is 39.1 Å². The second-order valence-corrected chi connectivity index (χ2v) is 9.64. The van der Waals surface area contributed by atoms with E-state index in [4.69, 9.17) is 5.73 Å². The van der Waals surface area contributed by atoms with Crippen molar-refractivity contribution in [3.8, 4) is 23.0 Å². The van der Waals surface area contributed by atoms with Crippen molar-refractivity contribution < 1.29 is 4.79 Å². The molecule has 0 bridgehead atoms. The molecule has 3 atom stereocenters. The van der Waals surface area contributed by atoms with Crippen molar-refractivity contribution in [2.24, 2.45) is 28.7 Å². The van der Waals surface area contributed by atoms with Gasteiger partial charge in [-0.3, -0.25) is 14.5 Å². The molecule has 4 N–H and O–H groups in total. The van der Waals surface area contributed by atoms with Crippen LogP contribution in [0.5, 0.6) is 0 Å². The number of dihydropyridines is 1. The number of aromatic nitrogens is 3. The van der Waals surface area contributed by atoms with Crippen LogP contribution in [0.25, 0.3) is 22.0 Å². The third-order valence-corrected chi connectivity index (χ3v) is 6.98. The first-order valence-electron chi connectivity index (χ1n) is 12.7. The van der Waals surface area contributed by atoms with Crippen molar-refractivity contribution >= 4 is 29.2 Å². The Hall–Kier alpha value is -5.16. The number of nitrogens with two attached hydrogens (primary N) is 1. The van der Waals surface area contributed by atoms with Crippen LogP contribution in [0.15, 0.2) is 94.5 Å². The number of allylic oxidation sites excluding steroid dienone is 1. The fraction of sp³-hybridized carbons (Fsp3) is 0.161. The van der Waals surface area contributed by atoms with Crippen molar-refractivity contribution in [3.63, 3.8) is 0 Å². The van der Waals surface area contributed by atoms with Crippen molar-refractivity contribution in [3.05, 3.63) is 101 Å². The Morgan fingerprint density at radius 2 is 2.00 bits per heavy atom. The molecule has 2 unspecified atom stereocenters. The number of fused-ring (bicyclic) bond motifs is 2. The van der Waals surface area contributed by atoms with Crippen LogP contribution in [0.2, 0.25) is 0 Å². The summed E-state index contributed by atoms with van der Waals surface area (Å²) in [5.41, 5.74) is 12.1. The van der Waals surface area contributed by atoms with Gasteiger partial charge < -0.3 is 16.0 Å². The Labute approximate surface area is 226 Å². The third kappa shape index (κ3) is 4.55. The van der Waals surface area contributed by atoms with Crippen LogP contribution in [0.1, 0.15) is 29.8 Å². The Kier molecular flexibility index (Phi) is 6.17. The Morgan fingerprint density at radius 3 is 2.79 bits per heavy atom. The predicted octanol–water partition coefficient (Wildman–Crippen LogP) is 4.03. The largest absolute Gasteiger partial charge is 0.383 e. The first-order chi connectivity index (χ1) is 19.0. The number of aromatic amines is 1. The summed E-state index contributed by atoms with van der Waals surface area (Å²) in [5, 5.41) is 8.37. The standard InChI is InChI=1S/C31H27N7O/c1-19(36-31(39)27-29-23(11-7-15-33-29)17-34-30(27)32)28-26(21-8-4-3-5-9-21)25-22(10-6-12-24(25)37-28)14-13-20-16-35-38(2)18-20/h3-12,15-19,23,29,37H,32H2,1-2H3,(H,36,39)/t19-,23?,29?/m1/s1. The van der Waals surface area contributed by atoms with Gasteiger partial charge in [-0.25, -0.2) is 4.99 Å². The second-order valence-electron chi connectivity index (χ2n) is 9.64. The maximum Gasteiger partial charge on any atom is 0.253 e. The molecular weight excluding hydrogens is 486 g/mol. The van der Waals surface area contributed by atoms with E-state index in [2.05, 4.69) is 49.4 Å². The molecule has 0 fully saturated rings. The molecule has 0 spiro atoms. The van der Waals surface area contributed by atoms with E-state index >= 15 is 0 Å². The van der Waals surface area contributed by atoms with E-state index in [9.17, 15) is 4.79 Å². The number of carbonyl (C=O) groups excluding carboxylic acids is 1. The zero-order valence-corrected chi connectivity index (χ0v) is 21.6. The summed E-state index contributed by atoms with van der Waals surface area (Å²) >= 11 is 0. The van der Waals surface area contributed by atoms with Gasteiger partial charge >= 0.3 is 0 Å². The number of nitrogens with zero attached hydrogens (tertiary/aromatic N) is 4. The quantitative estimate of drug-likeness (QED) is 0.358. The molecule has 0 radical (unpaired) electrons. The fourth-order valence-corrected chi connectivity index (χ4v) is 5.13. The van der Waals surface area contributed by atoms with Crippen molar-refractivity contribution in [2.75, 3.05) is 0 Å². The molecule has 192 valence electrons. The Balaban J connectivity index is 1.42. The summed E-state index contributed by atoms with van der Waals surface area (Å²) in [4.78, 5) is 25.9. The number of H-pyrrole nitrogens is 1. The minimum Gasteiger partial charge on any atom is -0.383 e. The molecule has 0 saturated heterocycles. The van der Waals surface area contributed by atoms with Gasteiger partial charge in [0.15, 0.2) is 0 Å². The highest BCUT2D eigenvalue weighted by Gasteiger charge is 2.33. The number of nitrogens with one attached hydrogen (secondary N) is 2. The number of benzene rings is 2. The van der Waals surface area contributed by atoms with E-state index in [1.165, 1.54) is 0 Å². The summed E-state index contributed by atoms with van der Waals surface area (Å²) in [6, 6.07) is 15.4. The Morgan fingerprint density at radius 1 is 1.15 bits per heavy atom. The van der Waals surface area contributed by atoms with Crippen molar-refractivity contribution in [2.45, 2.75) is 19.0 Å². The molecule has 39 heavy (non-hydrogen) atoms. The van der Waals surface area contributed by atoms with Gasteiger partial charge in [-0.1, -0.05) is 54.3 Å². The molecule has 2 aromatic carbocycles. The molecule has 8 nitrogen and oxygen atoms in total. The maximum absolute atomic E-state index is 13.6. The Bertz CT molecular complexity index is 1760. The number of amides is 1. The lowest BCUT2D eigenvalue weighted by Gasteiger charge is -2.27. The lowest BCUT2D eigenvalue weighted by molar-refractivity contribution is -0.118. The number of hydrogen-bond donors (Lipinski definition) is 3. The average Bonchev–Trinajstić information content (AvgIpc) is 3.56. The highest BCUT2D eigenvalue weighted by molar-refractivity contribution is 6.02. The normalized spacial score (nSPS) is 18.5. The zero-order valence-electron chi connectivity index (χ0n) is 21.6. The highest BCUT2D eigenvalue weighted by Crippen LogP contribution is 2.37. The number of hydrogen-bond acceptors (Lipinski definition) is 5. The predicted molar refractivity (Wildman–Crippen MR) is 154 cm³/mol. The van der Waals surface area contributed by atoms with Gasteiger partial charge in [0.2, 0.25) is 0 Å². The van der Waals surface area contributed by atoms with E-state index in [-0.39, 0.29) is 29.7 Å². The van der Waals surface area contributed by atoms with Crippen LogP contribution >= 0.6 is 0 Å². The van der Waals surface area contributed by atoms with E-state index in [1.54, 1.807) is 23.3 Å². The monoisotopic (exact) mass is 513 g/mol. The lowest BCUT2D eigenvalue weighted by atomic mass is 9.89.